The predicted octanol–water partition coefficient (Wildman–Crippen LogP) is 0.350. The second-order valence-electron chi connectivity index (χ2n) is 5.91. The van der Waals surface area contributed by atoms with Crippen LogP contribution in [0.4, 0.5) is 0 Å². The van der Waals surface area contributed by atoms with Gasteiger partial charge in [-0.05, 0) is 6.92 Å². The minimum Gasteiger partial charge on any atom is -0.395 e. The van der Waals surface area contributed by atoms with Gasteiger partial charge in [0.1, 0.15) is 0 Å². The van der Waals surface area contributed by atoms with Gasteiger partial charge in [0.2, 0.25) is 0 Å². The van der Waals surface area contributed by atoms with Crippen molar-refractivity contribution in [2.24, 2.45) is 0 Å². The Kier molecular flexibility index (Phi) is 4.68. The summed E-state index contributed by atoms with van der Waals surface area (Å²) in [6.07, 6.45) is 0.0118. The molecule has 1 aromatic heterocycles. The van der Waals surface area contributed by atoms with Gasteiger partial charge < -0.3 is 15.3 Å². The highest BCUT2D eigenvalue weighted by atomic mass is 16.3. The van der Waals surface area contributed by atoms with Crippen molar-refractivity contribution in [1.82, 2.24) is 14.9 Å². The van der Waals surface area contributed by atoms with Gasteiger partial charge in [-0.1, -0.05) is 30.3 Å². The predicted molar refractivity (Wildman–Crippen MR) is 85.5 cm³/mol. The fourth-order valence-electron chi connectivity index (χ4n) is 2.95. The molecule has 0 aliphatic carbocycles. The first-order chi connectivity index (χ1) is 11.1. The van der Waals surface area contributed by atoms with Crippen LogP contribution in [0.15, 0.2) is 36.5 Å². The number of hydrogen-bond donors (Lipinski definition) is 3. The Morgan fingerprint density at radius 1 is 1.22 bits per heavy atom. The first-order valence-electron chi connectivity index (χ1n) is 7.69. The third-order valence-electron chi connectivity index (χ3n) is 4.35. The summed E-state index contributed by atoms with van der Waals surface area (Å²) in [5.41, 5.74) is 2.73. The van der Waals surface area contributed by atoms with Gasteiger partial charge >= 0.3 is 0 Å². The minimum absolute atomic E-state index is 0.194. The number of β-amino-alcohol motifs (C(OH)–C–C–N with tert-alkyl or cyclic N) is 1. The second kappa shape index (κ2) is 6.72. The average Bonchev–Trinajstić information content (AvgIpc) is 2.84. The van der Waals surface area contributed by atoms with Crippen LogP contribution in [0.3, 0.4) is 0 Å². The van der Waals surface area contributed by atoms with Crippen LogP contribution < -0.4 is 0 Å². The standard InChI is InChI=1S/C17H21N3O3/c1-11-13(8-20-9-15(22)16(23)14(20)10-21)7-18-17(19-11)12-5-3-2-4-6-12/h2-7,14-16,21-23H,8-10H2,1H3/t14-,15+,16-/m1/s1. The molecule has 1 aliphatic heterocycles. The maximum absolute atomic E-state index is 9.89. The molecule has 2 aromatic rings. The van der Waals surface area contributed by atoms with Crippen LogP contribution in [0, 0.1) is 6.92 Å². The van der Waals surface area contributed by atoms with E-state index in [4.69, 9.17) is 0 Å². The molecular formula is C17H21N3O3. The van der Waals surface area contributed by atoms with E-state index in [2.05, 4.69) is 9.97 Å². The summed E-state index contributed by atoms with van der Waals surface area (Å²) in [5, 5.41) is 29.1. The number of rotatable bonds is 4. The van der Waals surface area contributed by atoms with Crippen molar-refractivity contribution >= 4 is 0 Å². The van der Waals surface area contributed by atoms with Gasteiger partial charge in [0.05, 0.1) is 24.9 Å². The summed E-state index contributed by atoms with van der Waals surface area (Å²) in [4.78, 5) is 10.8. The van der Waals surface area contributed by atoms with E-state index < -0.39 is 18.2 Å². The summed E-state index contributed by atoms with van der Waals surface area (Å²) in [6, 6.07) is 9.30. The number of benzene rings is 1. The number of aliphatic hydroxyl groups excluding tert-OH is 3. The molecule has 3 atom stereocenters. The van der Waals surface area contributed by atoms with Crippen LogP contribution in [-0.4, -0.2) is 61.6 Å². The highest BCUT2D eigenvalue weighted by Crippen LogP contribution is 2.22. The van der Waals surface area contributed by atoms with E-state index in [0.717, 1.165) is 16.8 Å². The summed E-state index contributed by atoms with van der Waals surface area (Å²) < 4.78 is 0. The third-order valence-corrected chi connectivity index (χ3v) is 4.35. The van der Waals surface area contributed by atoms with E-state index in [1.165, 1.54) is 0 Å². The van der Waals surface area contributed by atoms with Crippen LogP contribution in [0.5, 0.6) is 0 Å². The molecule has 0 saturated carbocycles. The van der Waals surface area contributed by atoms with Crippen molar-refractivity contribution in [1.29, 1.82) is 0 Å². The summed E-state index contributed by atoms with van der Waals surface area (Å²) in [5.74, 6) is 0.673. The summed E-state index contributed by atoms with van der Waals surface area (Å²) in [7, 11) is 0. The molecule has 0 radical (unpaired) electrons. The number of aryl methyl sites for hydroxylation is 1. The maximum Gasteiger partial charge on any atom is 0.159 e. The van der Waals surface area contributed by atoms with Crippen molar-refractivity contribution in [3.63, 3.8) is 0 Å². The molecule has 23 heavy (non-hydrogen) atoms. The van der Waals surface area contributed by atoms with E-state index in [1.807, 2.05) is 42.2 Å². The zero-order chi connectivity index (χ0) is 16.4. The number of likely N-dealkylation sites (tertiary alicyclic amines) is 1. The largest absolute Gasteiger partial charge is 0.395 e. The minimum atomic E-state index is -0.926. The van der Waals surface area contributed by atoms with Crippen LogP contribution in [0.1, 0.15) is 11.3 Å². The molecule has 0 bridgehead atoms. The lowest BCUT2D eigenvalue weighted by Crippen LogP contribution is -2.38. The SMILES string of the molecule is Cc1nc(-c2ccccc2)ncc1CN1C[C@H](O)[C@H](O)[C@H]1CO. The lowest BCUT2D eigenvalue weighted by Gasteiger charge is -2.24. The molecule has 1 aromatic carbocycles. The molecule has 1 saturated heterocycles. The Hall–Kier alpha value is -1.86. The second-order valence-corrected chi connectivity index (χ2v) is 5.91. The van der Waals surface area contributed by atoms with Crippen molar-refractivity contribution in [3.8, 4) is 11.4 Å². The van der Waals surface area contributed by atoms with E-state index in [9.17, 15) is 15.3 Å². The van der Waals surface area contributed by atoms with Gasteiger partial charge in [-0.2, -0.15) is 0 Å². The molecule has 3 N–H and O–H groups in total. The molecule has 3 rings (SSSR count). The molecule has 0 amide bonds. The molecule has 2 heterocycles. The summed E-state index contributed by atoms with van der Waals surface area (Å²) in [6.45, 7) is 2.53. The zero-order valence-electron chi connectivity index (χ0n) is 13.0. The quantitative estimate of drug-likeness (QED) is 0.754. The number of aliphatic hydroxyl groups is 3. The van der Waals surface area contributed by atoms with Gasteiger partial charge in [0, 0.05) is 36.1 Å². The highest BCUT2D eigenvalue weighted by molar-refractivity contribution is 5.54. The Labute approximate surface area is 135 Å². The topological polar surface area (TPSA) is 89.7 Å². The Morgan fingerprint density at radius 2 is 1.96 bits per heavy atom. The maximum atomic E-state index is 9.89. The lowest BCUT2D eigenvalue weighted by molar-refractivity contribution is 0.0210. The van der Waals surface area contributed by atoms with Gasteiger partial charge in [0.25, 0.3) is 0 Å². The van der Waals surface area contributed by atoms with Crippen LogP contribution in [0.25, 0.3) is 11.4 Å². The fraction of sp³-hybridized carbons (Fsp3) is 0.412. The summed E-state index contributed by atoms with van der Waals surface area (Å²) >= 11 is 0. The Bertz CT molecular complexity index is 665. The number of nitrogens with zero attached hydrogens (tertiary/aromatic N) is 3. The van der Waals surface area contributed by atoms with E-state index >= 15 is 0 Å². The highest BCUT2D eigenvalue weighted by Gasteiger charge is 2.39. The van der Waals surface area contributed by atoms with Crippen LogP contribution in [0.2, 0.25) is 0 Å². The van der Waals surface area contributed by atoms with E-state index in [0.29, 0.717) is 18.9 Å². The molecule has 122 valence electrons. The first-order valence-corrected chi connectivity index (χ1v) is 7.69. The lowest BCUT2D eigenvalue weighted by atomic mass is 10.1. The van der Waals surface area contributed by atoms with E-state index in [-0.39, 0.29) is 6.61 Å². The van der Waals surface area contributed by atoms with Crippen molar-refractivity contribution < 1.29 is 15.3 Å². The third kappa shape index (κ3) is 3.25. The van der Waals surface area contributed by atoms with Gasteiger partial charge in [-0.15, -0.1) is 0 Å². The number of aromatic nitrogens is 2. The Balaban J connectivity index is 1.79. The van der Waals surface area contributed by atoms with E-state index in [1.54, 1.807) is 6.20 Å². The van der Waals surface area contributed by atoms with Crippen molar-refractivity contribution in [2.45, 2.75) is 31.7 Å². The van der Waals surface area contributed by atoms with Gasteiger partial charge in [-0.3, -0.25) is 4.90 Å². The number of hydrogen-bond acceptors (Lipinski definition) is 6. The average molecular weight is 315 g/mol. The monoisotopic (exact) mass is 315 g/mol. The molecular weight excluding hydrogens is 294 g/mol. The van der Waals surface area contributed by atoms with Gasteiger partial charge in [0.15, 0.2) is 5.82 Å². The molecule has 0 unspecified atom stereocenters. The smallest absolute Gasteiger partial charge is 0.159 e. The van der Waals surface area contributed by atoms with Crippen LogP contribution >= 0.6 is 0 Å². The van der Waals surface area contributed by atoms with Crippen molar-refractivity contribution in [2.75, 3.05) is 13.2 Å². The molecule has 6 heteroatoms. The normalized spacial score (nSPS) is 25.0. The van der Waals surface area contributed by atoms with Crippen LogP contribution in [-0.2, 0) is 6.54 Å². The molecule has 0 spiro atoms. The Morgan fingerprint density at radius 3 is 2.61 bits per heavy atom. The zero-order valence-corrected chi connectivity index (χ0v) is 13.0. The molecule has 1 fully saturated rings. The molecule has 6 nitrogen and oxygen atoms in total. The first kappa shape index (κ1) is 16.0. The van der Waals surface area contributed by atoms with Gasteiger partial charge in [-0.25, -0.2) is 9.97 Å². The fourth-order valence-corrected chi connectivity index (χ4v) is 2.95. The van der Waals surface area contributed by atoms with Crippen molar-refractivity contribution in [3.05, 3.63) is 47.8 Å². The molecule has 1 aliphatic rings.